The molecule has 0 aliphatic rings. The van der Waals surface area contributed by atoms with Crippen molar-refractivity contribution < 1.29 is 41.1 Å². The molecule has 1 aromatic heterocycles. The minimum absolute atomic E-state index is 0.219. The predicted molar refractivity (Wildman–Crippen MR) is 53.9 cm³/mol. The number of aromatic nitrogens is 1. The van der Waals surface area contributed by atoms with E-state index in [-0.39, 0.29) is 6.20 Å². The fraction of sp³-hybridized carbons (Fsp3) is 0.333. The van der Waals surface area contributed by atoms with E-state index < -0.39 is 46.4 Å². The maximum absolute atomic E-state index is 12.7. The molecule has 12 heteroatoms. The Balaban J connectivity index is 3.68. The van der Waals surface area contributed by atoms with Crippen molar-refractivity contribution in [1.82, 2.24) is 4.98 Å². The van der Waals surface area contributed by atoms with Crippen molar-refractivity contribution in [2.45, 2.75) is 12.8 Å². The smallest absolute Gasteiger partial charge is 0.465 e. The maximum atomic E-state index is 12.7. The average molecular weight is 316 g/mol. The Morgan fingerprint density at radius 3 is 2.38 bits per heavy atom. The van der Waals surface area contributed by atoms with E-state index in [0.29, 0.717) is 7.11 Å². The van der Waals surface area contributed by atoms with Crippen LogP contribution in [0, 0.1) is 10.1 Å². The first kappa shape index (κ1) is 16.5. The van der Waals surface area contributed by atoms with E-state index >= 15 is 0 Å². The van der Waals surface area contributed by atoms with Crippen LogP contribution in [0.5, 0.6) is 5.75 Å². The van der Waals surface area contributed by atoms with Crippen LogP contribution in [0.1, 0.15) is 22.5 Å². The summed E-state index contributed by atoms with van der Waals surface area (Å²) in [5, 5.41) is 10.7. The molecule has 116 valence electrons. The van der Waals surface area contributed by atoms with Gasteiger partial charge in [0.2, 0.25) is 0 Å². The van der Waals surface area contributed by atoms with Gasteiger partial charge in [-0.05, 0) is 0 Å². The van der Waals surface area contributed by atoms with Gasteiger partial charge in [-0.3, -0.25) is 10.1 Å². The number of alkyl halides is 5. The fourth-order valence-corrected chi connectivity index (χ4v) is 1.31. The summed E-state index contributed by atoms with van der Waals surface area (Å²) in [4.78, 5) is 23.6. The number of methoxy groups -OCH3 is 1. The van der Waals surface area contributed by atoms with Gasteiger partial charge >= 0.3 is 18.0 Å². The number of pyridine rings is 1. The topological polar surface area (TPSA) is 91.6 Å². The number of carbonyl (C=O) groups excluding carboxylic acids is 1. The highest BCUT2D eigenvalue weighted by Gasteiger charge is 2.40. The number of halogens is 5. The van der Waals surface area contributed by atoms with E-state index in [4.69, 9.17) is 0 Å². The number of nitrogens with zero attached hydrogens (tertiary/aromatic N) is 2. The van der Waals surface area contributed by atoms with Gasteiger partial charge in [-0.2, -0.15) is 0 Å². The third-order valence-electron chi connectivity index (χ3n) is 2.05. The van der Waals surface area contributed by atoms with Crippen LogP contribution in [0.4, 0.5) is 27.6 Å². The van der Waals surface area contributed by atoms with Gasteiger partial charge in [0.1, 0.15) is 11.9 Å². The van der Waals surface area contributed by atoms with Crippen molar-refractivity contribution in [3.05, 3.63) is 27.6 Å². The quantitative estimate of drug-likeness (QED) is 0.367. The second-order valence-corrected chi connectivity index (χ2v) is 3.33. The molecule has 0 bridgehead atoms. The van der Waals surface area contributed by atoms with Crippen LogP contribution in [0.15, 0.2) is 6.20 Å². The number of esters is 1. The Morgan fingerprint density at radius 2 is 2.00 bits per heavy atom. The lowest BCUT2D eigenvalue weighted by molar-refractivity contribution is -0.385. The van der Waals surface area contributed by atoms with E-state index in [1.165, 1.54) is 0 Å². The summed E-state index contributed by atoms with van der Waals surface area (Å²) in [6, 6.07) is 0. The van der Waals surface area contributed by atoms with Crippen LogP contribution >= 0.6 is 0 Å². The number of nitro groups is 1. The maximum Gasteiger partial charge on any atom is 0.573 e. The molecule has 0 fully saturated rings. The van der Waals surface area contributed by atoms with Crippen LogP contribution in [0.3, 0.4) is 0 Å². The monoisotopic (exact) mass is 316 g/mol. The van der Waals surface area contributed by atoms with E-state index in [9.17, 15) is 36.9 Å². The van der Waals surface area contributed by atoms with Crippen molar-refractivity contribution in [2.75, 3.05) is 7.11 Å². The molecule has 1 aromatic rings. The Bertz CT molecular complexity index is 574. The molecule has 0 saturated heterocycles. The van der Waals surface area contributed by atoms with Gasteiger partial charge in [0, 0.05) is 0 Å². The van der Waals surface area contributed by atoms with Crippen molar-refractivity contribution in [2.24, 2.45) is 0 Å². The molecule has 1 rings (SSSR count). The zero-order valence-corrected chi connectivity index (χ0v) is 9.98. The van der Waals surface area contributed by atoms with E-state index in [2.05, 4.69) is 14.5 Å². The molecule has 0 amide bonds. The molecule has 0 N–H and O–H groups in total. The Kier molecular flexibility index (Phi) is 4.60. The lowest BCUT2D eigenvalue weighted by Crippen LogP contribution is -2.22. The third kappa shape index (κ3) is 3.73. The summed E-state index contributed by atoms with van der Waals surface area (Å²) in [6.07, 6.45) is -8.81. The highest BCUT2D eigenvalue weighted by Crippen LogP contribution is 2.38. The van der Waals surface area contributed by atoms with Crippen LogP contribution in [0.25, 0.3) is 0 Å². The second kappa shape index (κ2) is 5.85. The molecule has 0 unspecified atom stereocenters. The largest absolute Gasteiger partial charge is 0.573 e. The summed E-state index contributed by atoms with van der Waals surface area (Å²) in [5.74, 6) is -3.41. The van der Waals surface area contributed by atoms with Gasteiger partial charge in [0.15, 0.2) is 11.3 Å². The number of ether oxygens (including phenoxy) is 2. The molecular formula is C9H5F5N2O5. The Labute approximate surface area is 112 Å². The molecule has 0 spiro atoms. The number of hydrogen-bond acceptors (Lipinski definition) is 6. The summed E-state index contributed by atoms with van der Waals surface area (Å²) < 4.78 is 69.4. The lowest BCUT2D eigenvalue weighted by atomic mass is 10.1. The molecule has 0 aliphatic carbocycles. The summed E-state index contributed by atoms with van der Waals surface area (Å²) in [5.41, 5.74) is -4.23. The molecule has 21 heavy (non-hydrogen) atoms. The number of carbonyl (C=O) groups is 1. The van der Waals surface area contributed by atoms with Crippen molar-refractivity contribution in [1.29, 1.82) is 0 Å². The Morgan fingerprint density at radius 1 is 1.43 bits per heavy atom. The molecular weight excluding hydrogens is 311 g/mol. The van der Waals surface area contributed by atoms with Crippen molar-refractivity contribution >= 4 is 11.7 Å². The zero-order valence-electron chi connectivity index (χ0n) is 9.98. The highest BCUT2D eigenvalue weighted by molar-refractivity contribution is 5.97. The van der Waals surface area contributed by atoms with Gasteiger partial charge in [-0.25, -0.2) is 18.6 Å². The average Bonchev–Trinajstić information content (AvgIpc) is 2.34. The molecule has 0 aromatic carbocycles. The SMILES string of the molecule is COC(=O)c1c([N+](=O)[O-])cnc(C(F)F)c1OC(F)(F)F. The van der Waals surface area contributed by atoms with E-state index in [1.807, 2.05) is 0 Å². The van der Waals surface area contributed by atoms with Crippen LogP contribution in [0.2, 0.25) is 0 Å². The molecule has 0 saturated carbocycles. The highest BCUT2D eigenvalue weighted by atomic mass is 19.4. The van der Waals surface area contributed by atoms with Gasteiger partial charge < -0.3 is 9.47 Å². The minimum atomic E-state index is -5.47. The van der Waals surface area contributed by atoms with Crippen molar-refractivity contribution in [3.8, 4) is 5.75 Å². The summed E-state index contributed by atoms with van der Waals surface area (Å²) in [6.45, 7) is 0. The number of rotatable bonds is 4. The zero-order chi connectivity index (χ0) is 16.4. The normalized spacial score (nSPS) is 11.4. The van der Waals surface area contributed by atoms with E-state index in [0.717, 1.165) is 0 Å². The van der Waals surface area contributed by atoms with E-state index in [1.54, 1.807) is 0 Å². The van der Waals surface area contributed by atoms with Crippen LogP contribution in [-0.4, -0.2) is 29.3 Å². The number of hydrogen-bond donors (Lipinski definition) is 0. The first-order chi connectivity index (χ1) is 9.58. The van der Waals surface area contributed by atoms with Gasteiger partial charge in [0.05, 0.1) is 12.0 Å². The third-order valence-corrected chi connectivity index (χ3v) is 2.05. The molecule has 1 heterocycles. The molecule has 0 radical (unpaired) electrons. The van der Waals surface area contributed by atoms with Gasteiger partial charge in [-0.15, -0.1) is 13.2 Å². The lowest BCUT2D eigenvalue weighted by Gasteiger charge is -2.15. The standard InChI is InChI=1S/C9H5F5N2O5/c1-20-8(17)4-3(16(18)19)2-15-5(7(10)11)6(4)21-9(12,13)14/h2,7H,1H3. The first-order valence-electron chi connectivity index (χ1n) is 4.88. The minimum Gasteiger partial charge on any atom is -0.465 e. The first-order valence-corrected chi connectivity index (χ1v) is 4.88. The van der Waals surface area contributed by atoms with Crippen LogP contribution < -0.4 is 4.74 Å². The fourth-order valence-electron chi connectivity index (χ4n) is 1.31. The van der Waals surface area contributed by atoms with Gasteiger partial charge in [-0.1, -0.05) is 0 Å². The Hall–Kier alpha value is -2.53. The van der Waals surface area contributed by atoms with Crippen molar-refractivity contribution in [3.63, 3.8) is 0 Å². The molecule has 0 aliphatic heterocycles. The summed E-state index contributed by atoms with van der Waals surface area (Å²) in [7, 11) is 0.700. The summed E-state index contributed by atoms with van der Waals surface area (Å²) >= 11 is 0. The van der Waals surface area contributed by atoms with Crippen LogP contribution in [-0.2, 0) is 4.74 Å². The van der Waals surface area contributed by atoms with Gasteiger partial charge in [0.25, 0.3) is 6.43 Å². The second-order valence-electron chi connectivity index (χ2n) is 3.33. The molecule has 7 nitrogen and oxygen atoms in total. The predicted octanol–water partition coefficient (Wildman–Crippen LogP) is 2.61. The molecule has 0 atom stereocenters.